The Balaban J connectivity index is 1.57. The van der Waals surface area contributed by atoms with E-state index in [0.717, 1.165) is 98.7 Å². The summed E-state index contributed by atoms with van der Waals surface area (Å²) in [5.74, 6) is 3.11. The highest BCUT2D eigenvalue weighted by atomic mass is 16.7. The number of unbranched alkanes of at least 4 members (excludes halogenated alkanes) is 2. The third kappa shape index (κ3) is 11.8. The molecule has 47 heavy (non-hydrogen) atoms. The van der Waals surface area contributed by atoms with Gasteiger partial charge < -0.3 is 42.6 Å². The van der Waals surface area contributed by atoms with Gasteiger partial charge in [0.15, 0.2) is 23.0 Å². The molecular weight excluding hydrogens is 600 g/mol. The van der Waals surface area contributed by atoms with Crippen molar-refractivity contribution >= 4 is 0 Å². The fraction of sp³-hybridized carbons (Fsp3) is 0.684. The molecule has 2 aromatic rings. The minimum Gasteiger partial charge on any atom is -0.454 e. The Morgan fingerprint density at radius 3 is 1.26 bits per heavy atom. The van der Waals surface area contributed by atoms with Crippen molar-refractivity contribution in [3.63, 3.8) is 0 Å². The van der Waals surface area contributed by atoms with E-state index in [0.29, 0.717) is 52.5 Å². The Morgan fingerprint density at radius 2 is 0.872 bits per heavy atom. The molecule has 4 rings (SSSR count). The molecule has 9 heteroatoms. The van der Waals surface area contributed by atoms with Gasteiger partial charge in [-0.25, -0.2) is 0 Å². The molecule has 0 saturated heterocycles. The van der Waals surface area contributed by atoms with E-state index in [1.165, 1.54) is 11.1 Å². The minimum absolute atomic E-state index is 0.233. The lowest BCUT2D eigenvalue weighted by Gasteiger charge is -2.29. The minimum atomic E-state index is -0.241. The number of hydrogen-bond acceptors (Lipinski definition) is 9. The highest BCUT2D eigenvalue weighted by molar-refractivity contribution is 5.51. The monoisotopic (exact) mass is 658 g/mol. The van der Waals surface area contributed by atoms with Crippen LogP contribution in [0.25, 0.3) is 0 Å². The summed E-state index contributed by atoms with van der Waals surface area (Å²) in [4.78, 5) is 0. The van der Waals surface area contributed by atoms with Gasteiger partial charge in [0, 0.05) is 39.3 Å². The van der Waals surface area contributed by atoms with E-state index in [9.17, 15) is 0 Å². The van der Waals surface area contributed by atoms with E-state index in [-0.39, 0.29) is 25.8 Å². The van der Waals surface area contributed by atoms with Crippen LogP contribution >= 0.6 is 0 Å². The molecular formula is C38H58O9. The van der Waals surface area contributed by atoms with Crippen LogP contribution in [0.5, 0.6) is 23.0 Å². The van der Waals surface area contributed by atoms with Crippen LogP contribution in [0.3, 0.4) is 0 Å². The number of benzene rings is 2. The van der Waals surface area contributed by atoms with Crippen LogP contribution in [0, 0.1) is 0 Å². The van der Waals surface area contributed by atoms with Gasteiger partial charge in [-0.3, -0.25) is 0 Å². The van der Waals surface area contributed by atoms with Crippen molar-refractivity contribution < 1.29 is 42.6 Å². The lowest BCUT2D eigenvalue weighted by Crippen LogP contribution is -2.18. The first-order valence-corrected chi connectivity index (χ1v) is 18.0. The second kappa shape index (κ2) is 21.4. The van der Waals surface area contributed by atoms with Crippen LogP contribution in [0.1, 0.15) is 114 Å². The Morgan fingerprint density at radius 1 is 0.489 bits per heavy atom. The van der Waals surface area contributed by atoms with Gasteiger partial charge in [0.2, 0.25) is 13.6 Å². The van der Waals surface area contributed by atoms with E-state index in [4.69, 9.17) is 42.6 Å². The molecule has 0 spiro atoms. The Kier molecular flexibility index (Phi) is 17.0. The Bertz CT molecular complexity index is 1080. The topological polar surface area (TPSA) is 83.1 Å². The SMILES string of the molecule is CCCCOCCOCCC(OC(CCOCCOCCCC)c1cc2c(cc1CCC)OCO2)c1cc2c(cc1CCC)OCO2. The molecule has 0 fully saturated rings. The fourth-order valence-corrected chi connectivity index (χ4v) is 5.88. The summed E-state index contributed by atoms with van der Waals surface area (Å²) in [7, 11) is 0. The highest BCUT2D eigenvalue weighted by Crippen LogP contribution is 2.43. The smallest absolute Gasteiger partial charge is 0.231 e. The molecule has 2 heterocycles. The first kappa shape index (κ1) is 37.3. The summed E-state index contributed by atoms with van der Waals surface area (Å²) in [5, 5.41) is 0. The third-order valence-electron chi connectivity index (χ3n) is 8.41. The van der Waals surface area contributed by atoms with Crippen molar-refractivity contribution in [3.05, 3.63) is 46.5 Å². The number of ether oxygens (including phenoxy) is 9. The van der Waals surface area contributed by atoms with Crippen LogP contribution in [0.15, 0.2) is 24.3 Å². The molecule has 2 aliphatic heterocycles. The van der Waals surface area contributed by atoms with E-state index in [1.807, 2.05) is 0 Å². The molecule has 2 aromatic carbocycles. The maximum Gasteiger partial charge on any atom is 0.231 e. The standard InChI is InChI=1S/C38H58O9/c1-5-9-15-39-19-21-41-17-13-33(31-25-37-35(43-27-45-37)23-29(31)11-7-3)47-34(14-18-42-22-20-40-16-10-6-2)32-26-38-36(44-28-46-38)24-30(32)12-8-4/h23-26,33-34H,5-22,27-28H2,1-4H3. The van der Waals surface area contributed by atoms with Gasteiger partial charge >= 0.3 is 0 Å². The quantitative estimate of drug-likeness (QED) is 0.0927. The van der Waals surface area contributed by atoms with Crippen LogP contribution in [0.2, 0.25) is 0 Å². The van der Waals surface area contributed by atoms with Crippen molar-refractivity contribution in [2.24, 2.45) is 0 Å². The van der Waals surface area contributed by atoms with E-state index in [1.54, 1.807) is 0 Å². The average molecular weight is 659 g/mol. The van der Waals surface area contributed by atoms with E-state index < -0.39 is 0 Å². The van der Waals surface area contributed by atoms with Gasteiger partial charge in [-0.1, -0.05) is 53.4 Å². The summed E-state index contributed by atoms with van der Waals surface area (Å²) in [5.41, 5.74) is 4.66. The molecule has 2 atom stereocenters. The van der Waals surface area contributed by atoms with Crippen molar-refractivity contribution in [1.29, 1.82) is 0 Å². The lowest BCUT2D eigenvalue weighted by atomic mass is 9.94. The molecule has 9 nitrogen and oxygen atoms in total. The van der Waals surface area contributed by atoms with E-state index >= 15 is 0 Å². The predicted molar refractivity (Wildman–Crippen MR) is 182 cm³/mol. The Labute approximate surface area is 282 Å². The van der Waals surface area contributed by atoms with Crippen LogP contribution in [-0.2, 0) is 36.5 Å². The third-order valence-corrected chi connectivity index (χ3v) is 8.41. The van der Waals surface area contributed by atoms with Gasteiger partial charge in [-0.15, -0.1) is 0 Å². The zero-order valence-electron chi connectivity index (χ0n) is 29.3. The second-order valence-corrected chi connectivity index (χ2v) is 12.2. The lowest BCUT2D eigenvalue weighted by molar-refractivity contribution is -0.0533. The van der Waals surface area contributed by atoms with Crippen LogP contribution in [-0.4, -0.2) is 66.4 Å². The maximum atomic E-state index is 7.22. The van der Waals surface area contributed by atoms with Crippen molar-refractivity contribution in [1.82, 2.24) is 0 Å². The van der Waals surface area contributed by atoms with Crippen molar-refractivity contribution in [2.45, 2.75) is 104 Å². The second-order valence-electron chi connectivity index (χ2n) is 12.2. The molecule has 0 saturated carbocycles. The van der Waals surface area contributed by atoms with Gasteiger partial charge in [0.25, 0.3) is 0 Å². The normalized spacial score (nSPS) is 14.6. The molecule has 0 radical (unpaired) electrons. The number of fused-ring (bicyclic) bond motifs is 2. The van der Waals surface area contributed by atoms with Gasteiger partial charge in [0.1, 0.15) is 0 Å². The summed E-state index contributed by atoms with van der Waals surface area (Å²) in [6, 6.07) is 8.47. The summed E-state index contributed by atoms with van der Waals surface area (Å²) in [6.45, 7) is 14.1. The molecule has 2 aliphatic rings. The average Bonchev–Trinajstić information content (AvgIpc) is 3.74. The van der Waals surface area contributed by atoms with Gasteiger partial charge in [0.05, 0.1) is 38.6 Å². The summed E-state index contributed by atoms with van der Waals surface area (Å²) < 4.78 is 54.0. The number of hydrogen-bond donors (Lipinski definition) is 0. The zero-order chi connectivity index (χ0) is 33.1. The first-order chi connectivity index (χ1) is 23.2. The van der Waals surface area contributed by atoms with Crippen LogP contribution < -0.4 is 18.9 Å². The van der Waals surface area contributed by atoms with E-state index in [2.05, 4.69) is 52.0 Å². The largest absolute Gasteiger partial charge is 0.454 e. The Hall–Kier alpha value is -2.56. The summed E-state index contributed by atoms with van der Waals surface area (Å²) >= 11 is 0. The molecule has 0 aromatic heterocycles. The van der Waals surface area contributed by atoms with Crippen LogP contribution in [0.4, 0.5) is 0 Å². The highest BCUT2D eigenvalue weighted by Gasteiger charge is 2.28. The van der Waals surface area contributed by atoms with Gasteiger partial charge in [-0.05, 0) is 72.2 Å². The number of aryl methyl sites for hydroxylation is 2. The summed E-state index contributed by atoms with van der Waals surface area (Å²) in [6.07, 6.45) is 9.09. The molecule has 0 bridgehead atoms. The fourth-order valence-electron chi connectivity index (χ4n) is 5.88. The molecule has 0 amide bonds. The van der Waals surface area contributed by atoms with Crippen molar-refractivity contribution in [2.75, 3.05) is 66.4 Å². The maximum absolute atomic E-state index is 7.22. The molecule has 2 unspecified atom stereocenters. The predicted octanol–water partition coefficient (Wildman–Crippen LogP) is 8.29. The molecule has 264 valence electrons. The first-order valence-electron chi connectivity index (χ1n) is 18.0. The van der Waals surface area contributed by atoms with Crippen molar-refractivity contribution in [3.8, 4) is 23.0 Å². The zero-order valence-corrected chi connectivity index (χ0v) is 29.3. The molecule has 0 N–H and O–H groups in total. The molecule has 0 aliphatic carbocycles. The number of rotatable bonds is 26. The van der Waals surface area contributed by atoms with Gasteiger partial charge in [-0.2, -0.15) is 0 Å².